The van der Waals surface area contributed by atoms with E-state index in [1.807, 2.05) is 6.07 Å². The number of nitrogens with zero attached hydrogens (tertiary/aromatic N) is 1. The molecule has 0 aliphatic carbocycles. The minimum atomic E-state index is -0.329. The molecule has 0 saturated carbocycles. The summed E-state index contributed by atoms with van der Waals surface area (Å²) in [5, 5.41) is 9.42. The Labute approximate surface area is 108 Å². The highest BCUT2D eigenvalue weighted by atomic mass is 79.9. The van der Waals surface area contributed by atoms with Gasteiger partial charge in [0.1, 0.15) is 0 Å². The number of nitriles is 1. The molecule has 0 atom stereocenters. The summed E-state index contributed by atoms with van der Waals surface area (Å²) in [5.41, 5.74) is 2.18. The Morgan fingerprint density at radius 2 is 2.31 bits per heavy atom. The van der Waals surface area contributed by atoms with E-state index in [-0.39, 0.29) is 12.4 Å². The Bertz CT molecular complexity index is 454. The number of halogens is 1. The molecule has 0 spiro atoms. The predicted octanol–water partition coefficient (Wildman–Crippen LogP) is 2.46. The van der Waals surface area contributed by atoms with Crippen molar-refractivity contribution < 1.29 is 9.53 Å². The smallest absolute Gasteiger partial charge is 0.309 e. The van der Waals surface area contributed by atoms with Crippen molar-refractivity contribution in [1.29, 1.82) is 5.26 Å². The molecule has 1 aromatic carbocycles. The van der Waals surface area contributed by atoms with Crippen LogP contribution in [0.25, 0.3) is 0 Å². The number of carbonyl (C=O) groups is 1. The minimum Gasteiger partial charge on any atom is -0.469 e. The van der Waals surface area contributed by atoms with Crippen molar-refractivity contribution >= 4 is 34.5 Å². The molecular weight excluding hydrogens is 290 g/mol. The van der Waals surface area contributed by atoms with E-state index in [1.165, 1.54) is 7.11 Å². The molecule has 0 unspecified atom stereocenters. The molecule has 0 fully saturated rings. The molecule has 84 valence electrons. The quantitative estimate of drug-likeness (QED) is 0.530. The summed E-state index contributed by atoms with van der Waals surface area (Å²) >= 11 is 7.62. The van der Waals surface area contributed by atoms with Crippen LogP contribution in [0.5, 0.6) is 0 Å². The fraction of sp³-hybridized carbons (Fsp3) is 0.273. The lowest BCUT2D eigenvalue weighted by molar-refractivity contribution is -0.139. The molecule has 0 aliphatic heterocycles. The maximum absolute atomic E-state index is 11.2. The minimum absolute atomic E-state index is 0.153. The van der Waals surface area contributed by atoms with E-state index in [2.05, 4.69) is 33.3 Å². The van der Waals surface area contributed by atoms with E-state index in [0.29, 0.717) is 15.8 Å². The Morgan fingerprint density at radius 1 is 1.62 bits per heavy atom. The first kappa shape index (κ1) is 13.1. The number of ether oxygens (including phenoxy) is 1. The lowest BCUT2D eigenvalue weighted by atomic mass is 10.0. The zero-order chi connectivity index (χ0) is 12.1. The highest BCUT2D eigenvalue weighted by Crippen LogP contribution is 2.24. The number of hydrogen-bond donors (Lipinski definition) is 1. The number of methoxy groups -OCH3 is 1. The highest BCUT2D eigenvalue weighted by molar-refractivity contribution is 9.08. The third-order valence-electron chi connectivity index (χ3n) is 2.14. The van der Waals surface area contributed by atoms with Crippen molar-refractivity contribution in [2.75, 3.05) is 7.11 Å². The Morgan fingerprint density at radius 3 is 2.81 bits per heavy atom. The number of carbonyl (C=O) groups excluding carboxylic acids is 1. The van der Waals surface area contributed by atoms with Gasteiger partial charge in [-0.3, -0.25) is 4.79 Å². The van der Waals surface area contributed by atoms with Crippen molar-refractivity contribution in [1.82, 2.24) is 0 Å². The van der Waals surface area contributed by atoms with E-state index in [0.717, 1.165) is 11.1 Å². The summed E-state index contributed by atoms with van der Waals surface area (Å²) in [6, 6.07) is 5.40. The second-order valence-electron chi connectivity index (χ2n) is 3.13. The normalized spacial score (nSPS) is 9.62. The standard InChI is InChI=1S/C11H10BrNO2S/c1-15-11(14)4-8-2-7(6-13)3-10(16)9(8)5-12/h2-3,16H,4-5H2,1H3. The largest absolute Gasteiger partial charge is 0.469 e. The van der Waals surface area contributed by atoms with Gasteiger partial charge in [-0.05, 0) is 23.3 Å². The van der Waals surface area contributed by atoms with Gasteiger partial charge in [-0.1, -0.05) is 15.9 Å². The van der Waals surface area contributed by atoms with Gasteiger partial charge in [-0.25, -0.2) is 0 Å². The van der Waals surface area contributed by atoms with Gasteiger partial charge >= 0.3 is 5.97 Å². The van der Waals surface area contributed by atoms with E-state index < -0.39 is 0 Å². The fourth-order valence-electron chi connectivity index (χ4n) is 1.32. The van der Waals surface area contributed by atoms with Crippen molar-refractivity contribution in [3.8, 4) is 6.07 Å². The Hall–Kier alpha value is -0.990. The maximum Gasteiger partial charge on any atom is 0.309 e. The van der Waals surface area contributed by atoms with Crippen molar-refractivity contribution in [3.05, 3.63) is 28.8 Å². The molecule has 5 heteroatoms. The third kappa shape index (κ3) is 3.00. The highest BCUT2D eigenvalue weighted by Gasteiger charge is 2.11. The first-order chi connectivity index (χ1) is 7.62. The first-order valence-corrected chi connectivity index (χ1v) is 6.07. The predicted molar refractivity (Wildman–Crippen MR) is 66.8 cm³/mol. The molecule has 0 radical (unpaired) electrons. The molecule has 0 aromatic heterocycles. The van der Waals surface area contributed by atoms with Gasteiger partial charge in [-0.15, -0.1) is 12.6 Å². The molecular formula is C11H10BrNO2S. The number of hydrogen-bond acceptors (Lipinski definition) is 4. The van der Waals surface area contributed by atoms with E-state index >= 15 is 0 Å². The number of esters is 1. The average molecular weight is 300 g/mol. The molecule has 0 saturated heterocycles. The molecule has 0 bridgehead atoms. The number of alkyl halides is 1. The number of thiol groups is 1. The first-order valence-electron chi connectivity index (χ1n) is 4.50. The third-order valence-corrected chi connectivity index (χ3v) is 3.10. The lowest BCUT2D eigenvalue weighted by Crippen LogP contribution is -2.07. The molecule has 0 heterocycles. The summed E-state index contributed by atoms with van der Waals surface area (Å²) < 4.78 is 4.60. The monoisotopic (exact) mass is 299 g/mol. The second-order valence-corrected chi connectivity index (χ2v) is 4.17. The van der Waals surface area contributed by atoms with Crippen LogP contribution >= 0.6 is 28.6 Å². The van der Waals surface area contributed by atoms with Crippen LogP contribution < -0.4 is 0 Å². The van der Waals surface area contributed by atoms with Gasteiger partial charge in [0.25, 0.3) is 0 Å². The van der Waals surface area contributed by atoms with Crippen LogP contribution in [0.3, 0.4) is 0 Å². The molecule has 0 aliphatic rings. The van der Waals surface area contributed by atoms with Crippen LogP contribution in [0, 0.1) is 11.3 Å². The molecule has 0 N–H and O–H groups in total. The molecule has 3 nitrogen and oxygen atoms in total. The zero-order valence-electron chi connectivity index (χ0n) is 8.66. The van der Waals surface area contributed by atoms with E-state index in [9.17, 15) is 4.79 Å². The fourth-order valence-corrected chi connectivity index (χ4v) is 2.56. The van der Waals surface area contributed by atoms with Gasteiger partial charge in [0.15, 0.2) is 0 Å². The molecule has 1 rings (SSSR count). The van der Waals surface area contributed by atoms with E-state index in [1.54, 1.807) is 12.1 Å². The van der Waals surface area contributed by atoms with Crippen molar-refractivity contribution in [2.45, 2.75) is 16.6 Å². The van der Waals surface area contributed by atoms with Gasteiger partial charge in [0.05, 0.1) is 25.2 Å². The summed E-state index contributed by atoms with van der Waals surface area (Å²) in [4.78, 5) is 11.9. The topological polar surface area (TPSA) is 50.1 Å². The zero-order valence-corrected chi connectivity index (χ0v) is 11.1. The van der Waals surface area contributed by atoms with Crippen LogP contribution in [0.1, 0.15) is 16.7 Å². The van der Waals surface area contributed by atoms with Crippen molar-refractivity contribution in [3.63, 3.8) is 0 Å². The molecule has 16 heavy (non-hydrogen) atoms. The van der Waals surface area contributed by atoms with Crippen molar-refractivity contribution in [2.24, 2.45) is 0 Å². The summed E-state index contributed by atoms with van der Waals surface area (Å²) in [6.07, 6.45) is 0.153. The van der Waals surface area contributed by atoms with Gasteiger partial charge < -0.3 is 4.74 Å². The summed E-state index contributed by atoms with van der Waals surface area (Å²) in [7, 11) is 1.34. The lowest BCUT2D eigenvalue weighted by Gasteiger charge is -2.09. The Balaban J connectivity index is 3.19. The number of benzene rings is 1. The van der Waals surface area contributed by atoms with Crippen LogP contribution in [0.15, 0.2) is 17.0 Å². The SMILES string of the molecule is COC(=O)Cc1cc(C#N)cc(S)c1CBr. The van der Waals surface area contributed by atoms with E-state index in [4.69, 9.17) is 5.26 Å². The van der Waals surface area contributed by atoms with Crippen LogP contribution in [0.2, 0.25) is 0 Å². The van der Waals surface area contributed by atoms with Gasteiger partial charge in [0, 0.05) is 10.2 Å². The summed E-state index contributed by atoms with van der Waals surface area (Å²) in [6.45, 7) is 0. The van der Waals surface area contributed by atoms with Crippen LogP contribution in [-0.4, -0.2) is 13.1 Å². The summed E-state index contributed by atoms with van der Waals surface area (Å²) in [5.74, 6) is -0.329. The Kier molecular flexibility index (Phi) is 4.84. The van der Waals surface area contributed by atoms with Gasteiger partial charge in [-0.2, -0.15) is 5.26 Å². The van der Waals surface area contributed by atoms with Crippen LogP contribution in [-0.2, 0) is 21.3 Å². The maximum atomic E-state index is 11.2. The second kappa shape index (κ2) is 5.92. The van der Waals surface area contributed by atoms with Crippen LogP contribution in [0.4, 0.5) is 0 Å². The number of rotatable bonds is 3. The molecule has 0 amide bonds. The molecule has 1 aromatic rings. The van der Waals surface area contributed by atoms with Gasteiger partial charge in [0.2, 0.25) is 0 Å². The average Bonchev–Trinajstić information content (AvgIpc) is 2.28.